The maximum atomic E-state index is 13.3. The van der Waals surface area contributed by atoms with Crippen molar-refractivity contribution < 1.29 is 9.59 Å². The fraction of sp³-hybridized carbons (Fsp3) is 0.364. The third-order valence-electron chi connectivity index (χ3n) is 5.58. The molecule has 2 aromatic carbocycles. The van der Waals surface area contributed by atoms with Gasteiger partial charge in [0.25, 0.3) is 0 Å². The van der Waals surface area contributed by atoms with Crippen LogP contribution in [0.1, 0.15) is 36.0 Å². The lowest BCUT2D eigenvalue weighted by Crippen LogP contribution is -2.45. The number of rotatable bonds is 3. The fourth-order valence-electron chi connectivity index (χ4n) is 3.86. The summed E-state index contributed by atoms with van der Waals surface area (Å²) in [5, 5.41) is 3.00. The minimum atomic E-state index is -0.901. The van der Waals surface area contributed by atoms with E-state index in [1.54, 1.807) is 0 Å². The van der Waals surface area contributed by atoms with Crippen molar-refractivity contribution in [3.63, 3.8) is 0 Å². The van der Waals surface area contributed by atoms with E-state index in [1.807, 2.05) is 55.1 Å². The van der Waals surface area contributed by atoms with Crippen molar-refractivity contribution in [1.82, 2.24) is 0 Å². The second-order valence-electron chi connectivity index (χ2n) is 7.54. The first-order valence-corrected chi connectivity index (χ1v) is 9.30. The number of hydrogen-bond donors (Lipinski definition) is 1. The summed E-state index contributed by atoms with van der Waals surface area (Å²) >= 11 is 0. The summed E-state index contributed by atoms with van der Waals surface area (Å²) < 4.78 is 0. The number of anilines is 2. The Morgan fingerprint density at radius 3 is 2.58 bits per heavy atom. The third kappa shape index (κ3) is 2.79. The average molecular weight is 348 g/mol. The maximum absolute atomic E-state index is 13.3. The van der Waals surface area contributed by atoms with Crippen LogP contribution in [-0.4, -0.2) is 18.4 Å². The van der Waals surface area contributed by atoms with Crippen molar-refractivity contribution in [2.75, 3.05) is 16.8 Å². The Bertz CT molecular complexity index is 883. The Morgan fingerprint density at radius 2 is 1.85 bits per heavy atom. The number of aryl methyl sites for hydroxylation is 3. The highest BCUT2D eigenvalue weighted by atomic mass is 16.2. The molecule has 26 heavy (non-hydrogen) atoms. The quantitative estimate of drug-likeness (QED) is 0.852. The predicted molar refractivity (Wildman–Crippen MR) is 103 cm³/mol. The van der Waals surface area contributed by atoms with Crippen molar-refractivity contribution in [3.8, 4) is 0 Å². The van der Waals surface area contributed by atoms with Gasteiger partial charge in [-0.25, -0.2) is 0 Å². The molecule has 2 aliphatic rings. The van der Waals surface area contributed by atoms with E-state index in [0.717, 1.165) is 35.3 Å². The van der Waals surface area contributed by atoms with Gasteiger partial charge in [-0.2, -0.15) is 0 Å². The number of carbonyl (C=O) groups is 2. The monoisotopic (exact) mass is 348 g/mol. The zero-order valence-electron chi connectivity index (χ0n) is 15.3. The van der Waals surface area contributed by atoms with Crippen molar-refractivity contribution >= 4 is 23.2 Å². The van der Waals surface area contributed by atoms with E-state index >= 15 is 0 Å². The van der Waals surface area contributed by atoms with E-state index in [4.69, 9.17) is 0 Å². The molecule has 1 heterocycles. The van der Waals surface area contributed by atoms with Crippen LogP contribution in [0.15, 0.2) is 42.5 Å². The first kappa shape index (κ1) is 16.8. The maximum Gasteiger partial charge on any atom is 0.242 e. The van der Waals surface area contributed by atoms with Gasteiger partial charge in [0.15, 0.2) is 0 Å². The molecule has 0 saturated heterocycles. The molecule has 1 N–H and O–H groups in total. The van der Waals surface area contributed by atoms with E-state index < -0.39 is 5.41 Å². The molecule has 4 heteroatoms. The highest BCUT2D eigenvalue weighted by molar-refractivity contribution is 6.18. The zero-order valence-corrected chi connectivity index (χ0v) is 15.3. The molecule has 134 valence electrons. The molecule has 1 saturated carbocycles. The Kier molecular flexibility index (Phi) is 4.06. The molecule has 0 spiro atoms. The van der Waals surface area contributed by atoms with E-state index in [0.29, 0.717) is 19.4 Å². The molecule has 2 aromatic rings. The first-order chi connectivity index (χ1) is 12.5. The van der Waals surface area contributed by atoms with Crippen LogP contribution in [0.25, 0.3) is 0 Å². The van der Waals surface area contributed by atoms with Gasteiger partial charge in [0.2, 0.25) is 11.8 Å². The van der Waals surface area contributed by atoms with Gasteiger partial charge >= 0.3 is 0 Å². The Hall–Kier alpha value is -2.62. The van der Waals surface area contributed by atoms with Gasteiger partial charge in [-0.1, -0.05) is 35.9 Å². The largest absolute Gasteiger partial charge is 0.325 e. The smallest absolute Gasteiger partial charge is 0.242 e. The summed E-state index contributed by atoms with van der Waals surface area (Å²) in [6, 6.07) is 14.0. The number of para-hydroxylation sites is 1. The van der Waals surface area contributed by atoms with E-state index in [1.165, 1.54) is 5.56 Å². The van der Waals surface area contributed by atoms with Gasteiger partial charge in [-0.3, -0.25) is 9.59 Å². The molecule has 2 amide bonds. The number of nitrogens with zero attached hydrogens (tertiary/aromatic N) is 1. The molecule has 1 fully saturated rings. The standard InChI is InChI=1S/C22H24N2O2/c1-15-9-10-18(16(2)14-15)23-20(25)22(11-12-22)21(26)24-13-5-7-17-6-3-4-8-19(17)24/h3-4,6,8-10,14H,5,7,11-13H2,1-2H3,(H,23,25). The van der Waals surface area contributed by atoms with Crippen molar-refractivity contribution in [1.29, 1.82) is 0 Å². The van der Waals surface area contributed by atoms with Crippen molar-refractivity contribution in [2.45, 2.75) is 39.5 Å². The van der Waals surface area contributed by atoms with Crippen LogP contribution in [0.5, 0.6) is 0 Å². The molecular formula is C22H24N2O2. The molecule has 0 aromatic heterocycles. The van der Waals surface area contributed by atoms with Crippen LogP contribution < -0.4 is 10.2 Å². The van der Waals surface area contributed by atoms with E-state index in [2.05, 4.69) is 11.4 Å². The first-order valence-electron chi connectivity index (χ1n) is 9.30. The lowest BCUT2D eigenvalue weighted by molar-refractivity contribution is -0.132. The molecule has 0 radical (unpaired) electrons. The van der Waals surface area contributed by atoms with Gasteiger partial charge in [-0.15, -0.1) is 0 Å². The summed E-state index contributed by atoms with van der Waals surface area (Å²) in [5.74, 6) is -0.218. The fourth-order valence-corrected chi connectivity index (χ4v) is 3.86. The summed E-state index contributed by atoms with van der Waals surface area (Å²) in [6.45, 7) is 4.69. The minimum Gasteiger partial charge on any atom is -0.325 e. The zero-order chi connectivity index (χ0) is 18.3. The van der Waals surface area contributed by atoms with E-state index in [-0.39, 0.29) is 11.8 Å². The molecular weight excluding hydrogens is 324 g/mol. The summed E-state index contributed by atoms with van der Waals surface area (Å²) in [6.07, 6.45) is 3.18. The van der Waals surface area contributed by atoms with Crippen LogP contribution in [0.3, 0.4) is 0 Å². The lowest BCUT2D eigenvalue weighted by Gasteiger charge is -2.32. The Morgan fingerprint density at radius 1 is 1.08 bits per heavy atom. The number of fused-ring (bicyclic) bond motifs is 1. The molecule has 4 nitrogen and oxygen atoms in total. The summed E-state index contributed by atoms with van der Waals surface area (Å²) in [4.78, 5) is 28.1. The van der Waals surface area contributed by atoms with Crippen LogP contribution in [0.2, 0.25) is 0 Å². The van der Waals surface area contributed by atoms with Gasteiger partial charge in [0.05, 0.1) is 0 Å². The summed E-state index contributed by atoms with van der Waals surface area (Å²) in [5.41, 5.74) is 4.22. The van der Waals surface area contributed by atoms with Crippen LogP contribution in [0.4, 0.5) is 11.4 Å². The van der Waals surface area contributed by atoms with Crippen molar-refractivity contribution in [3.05, 3.63) is 59.2 Å². The molecule has 0 atom stereocenters. The second-order valence-corrected chi connectivity index (χ2v) is 7.54. The minimum absolute atomic E-state index is 0.0492. The van der Waals surface area contributed by atoms with Gasteiger partial charge in [0.1, 0.15) is 5.41 Å². The number of nitrogens with one attached hydrogen (secondary N) is 1. The SMILES string of the molecule is Cc1ccc(NC(=O)C2(C(=O)N3CCCc4ccccc43)CC2)c(C)c1. The van der Waals surface area contributed by atoms with Gasteiger partial charge < -0.3 is 10.2 Å². The molecule has 4 rings (SSSR count). The molecule has 1 aliphatic heterocycles. The molecule has 0 unspecified atom stereocenters. The van der Waals surface area contributed by atoms with Crippen LogP contribution in [-0.2, 0) is 16.0 Å². The lowest BCUT2D eigenvalue weighted by atomic mass is 9.97. The van der Waals surface area contributed by atoms with E-state index in [9.17, 15) is 9.59 Å². The van der Waals surface area contributed by atoms with Crippen LogP contribution >= 0.6 is 0 Å². The molecule has 0 bridgehead atoms. The number of benzene rings is 2. The van der Waals surface area contributed by atoms with Crippen LogP contribution in [0, 0.1) is 19.3 Å². The number of carbonyl (C=O) groups excluding carboxylic acids is 2. The topological polar surface area (TPSA) is 49.4 Å². The Labute approximate surface area is 154 Å². The third-order valence-corrected chi connectivity index (χ3v) is 5.58. The molecule has 1 aliphatic carbocycles. The number of hydrogen-bond acceptors (Lipinski definition) is 2. The van der Waals surface area contributed by atoms with Gasteiger partial charge in [-0.05, 0) is 62.8 Å². The summed E-state index contributed by atoms with van der Waals surface area (Å²) in [7, 11) is 0. The van der Waals surface area contributed by atoms with Gasteiger partial charge in [0, 0.05) is 17.9 Å². The Balaban J connectivity index is 1.57. The average Bonchev–Trinajstić information content (AvgIpc) is 3.45. The predicted octanol–water partition coefficient (Wildman–Crippen LogP) is 4.00. The second kappa shape index (κ2) is 6.27. The highest BCUT2D eigenvalue weighted by Crippen LogP contribution is 2.49. The normalized spacial score (nSPS) is 17.4. The number of amides is 2. The van der Waals surface area contributed by atoms with Crippen molar-refractivity contribution in [2.24, 2.45) is 5.41 Å². The highest BCUT2D eigenvalue weighted by Gasteiger charge is 2.58.